The molecule has 0 saturated heterocycles. The number of rotatable bonds is 8. The number of ketones is 1. The van der Waals surface area contributed by atoms with Gasteiger partial charge in [-0.15, -0.1) is 11.3 Å². The highest BCUT2D eigenvalue weighted by molar-refractivity contribution is 7.13. The maximum Gasteiger partial charge on any atom is 0.311 e. The molecule has 1 heterocycles. The van der Waals surface area contributed by atoms with Crippen LogP contribution in [0.1, 0.15) is 48.9 Å². The fraction of sp³-hybridized carbons (Fsp3) is 0.261. The van der Waals surface area contributed by atoms with E-state index >= 15 is 0 Å². The number of carbonyl (C=O) groups excluding carboxylic acids is 1. The molecule has 2 aromatic carbocycles. The molecule has 0 bridgehead atoms. The summed E-state index contributed by atoms with van der Waals surface area (Å²) in [5.41, 5.74) is 3.64. The fourth-order valence-electron chi connectivity index (χ4n) is 3.07. The summed E-state index contributed by atoms with van der Waals surface area (Å²) < 4.78 is 0. The van der Waals surface area contributed by atoms with E-state index in [0.717, 1.165) is 10.6 Å². The number of carboxylic acids is 1. The van der Waals surface area contributed by atoms with Crippen LogP contribution >= 0.6 is 11.3 Å². The molecule has 1 N–H and O–H groups in total. The van der Waals surface area contributed by atoms with Gasteiger partial charge in [0.05, 0.1) is 11.6 Å². The molecule has 0 aliphatic rings. The van der Waals surface area contributed by atoms with Gasteiger partial charge in [-0.2, -0.15) is 0 Å². The molecule has 1 aromatic heterocycles. The minimum absolute atomic E-state index is 0.0324. The molecule has 0 fully saturated rings. The first-order chi connectivity index (χ1) is 13.4. The lowest BCUT2D eigenvalue weighted by Crippen LogP contribution is -2.17. The molecule has 3 rings (SSSR count). The summed E-state index contributed by atoms with van der Waals surface area (Å²) >= 11 is 1.50. The Hall–Kier alpha value is -2.79. The van der Waals surface area contributed by atoms with Gasteiger partial charge in [-0.05, 0) is 17.0 Å². The summed E-state index contributed by atoms with van der Waals surface area (Å²) in [4.78, 5) is 28.6. The largest absolute Gasteiger partial charge is 0.481 e. The number of hydrogen-bond acceptors (Lipinski definition) is 4. The Balaban J connectivity index is 1.67. The molecule has 0 saturated carbocycles. The lowest BCUT2D eigenvalue weighted by Gasteiger charge is -2.11. The highest BCUT2D eigenvalue weighted by Crippen LogP contribution is 2.27. The van der Waals surface area contributed by atoms with E-state index in [1.54, 1.807) is 24.3 Å². The van der Waals surface area contributed by atoms with E-state index < -0.39 is 11.9 Å². The minimum Gasteiger partial charge on any atom is -0.481 e. The molecule has 5 heteroatoms. The Morgan fingerprint density at radius 3 is 2.29 bits per heavy atom. The molecular formula is C23H23NO3S. The normalized spacial score (nSPS) is 12.1. The summed E-state index contributed by atoms with van der Waals surface area (Å²) in [6.45, 7) is 4.31. The van der Waals surface area contributed by atoms with E-state index in [1.165, 1.54) is 16.9 Å². The van der Waals surface area contributed by atoms with Crippen LogP contribution in [0.5, 0.6) is 0 Å². The second-order valence-corrected chi connectivity index (χ2v) is 8.00. The second-order valence-electron chi connectivity index (χ2n) is 7.14. The van der Waals surface area contributed by atoms with Gasteiger partial charge < -0.3 is 5.11 Å². The average molecular weight is 394 g/mol. The summed E-state index contributed by atoms with van der Waals surface area (Å²) in [6, 6.07) is 17.2. The lowest BCUT2D eigenvalue weighted by atomic mass is 9.93. The molecule has 1 atom stereocenters. The van der Waals surface area contributed by atoms with E-state index in [9.17, 15) is 14.7 Å². The first-order valence-electron chi connectivity index (χ1n) is 9.28. The van der Waals surface area contributed by atoms with Crippen LogP contribution in [0.4, 0.5) is 0 Å². The average Bonchev–Trinajstić information content (AvgIpc) is 3.15. The molecule has 0 unspecified atom stereocenters. The monoisotopic (exact) mass is 393 g/mol. The van der Waals surface area contributed by atoms with Crippen LogP contribution in [-0.4, -0.2) is 21.8 Å². The second kappa shape index (κ2) is 8.93. The molecule has 0 amide bonds. The Morgan fingerprint density at radius 2 is 1.68 bits per heavy atom. The van der Waals surface area contributed by atoms with Crippen LogP contribution < -0.4 is 0 Å². The van der Waals surface area contributed by atoms with Crippen molar-refractivity contribution in [3.63, 3.8) is 0 Å². The predicted molar refractivity (Wildman–Crippen MR) is 112 cm³/mol. The van der Waals surface area contributed by atoms with Gasteiger partial charge in [-0.3, -0.25) is 9.59 Å². The van der Waals surface area contributed by atoms with E-state index in [2.05, 4.69) is 43.1 Å². The van der Waals surface area contributed by atoms with Crippen LogP contribution in [0.15, 0.2) is 60.0 Å². The van der Waals surface area contributed by atoms with Gasteiger partial charge in [0.1, 0.15) is 10.8 Å². The Labute approximate surface area is 168 Å². The summed E-state index contributed by atoms with van der Waals surface area (Å²) in [7, 11) is 0. The number of aromatic nitrogens is 1. The van der Waals surface area contributed by atoms with Crippen molar-refractivity contribution >= 4 is 23.1 Å². The Kier molecular flexibility index (Phi) is 6.37. The zero-order chi connectivity index (χ0) is 20.1. The van der Waals surface area contributed by atoms with Gasteiger partial charge in [0.15, 0.2) is 0 Å². The van der Waals surface area contributed by atoms with Crippen molar-refractivity contribution in [2.75, 3.05) is 0 Å². The molecule has 3 aromatic rings. The van der Waals surface area contributed by atoms with E-state index in [4.69, 9.17) is 0 Å². The quantitative estimate of drug-likeness (QED) is 0.564. The van der Waals surface area contributed by atoms with E-state index in [1.807, 2.05) is 11.4 Å². The number of hydrogen-bond donors (Lipinski definition) is 1. The van der Waals surface area contributed by atoms with Crippen molar-refractivity contribution in [2.24, 2.45) is 0 Å². The molecule has 28 heavy (non-hydrogen) atoms. The molecular weight excluding hydrogens is 370 g/mol. The smallest absolute Gasteiger partial charge is 0.311 e. The maximum atomic E-state index is 12.5. The molecule has 0 spiro atoms. The fourth-order valence-corrected chi connectivity index (χ4v) is 3.89. The van der Waals surface area contributed by atoms with E-state index in [-0.39, 0.29) is 18.6 Å². The predicted octanol–water partition coefficient (Wildman–Crippen LogP) is 5.30. The number of nitrogens with zero attached hydrogens (tertiary/aromatic N) is 1. The summed E-state index contributed by atoms with van der Waals surface area (Å²) in [5, 5.41) is 12.2. The number of aliphatic carboxylic acids is 1. The number of Topliss-reactive ketones (excluding diaryl/α,β-unsaturated/α-hetero) is 1. The number of carboxylic acid groups (broad SMARTS) is 1. The third-order valence-electron chi connectivity index (χ3n) is 4.69. The minimum atomic E-state index is -0.983. The third-order valence-corrected chi connectivity index (χ3v) is 5.63. The first-order valence-corrected chi connectivity index (χ1v) is 10.2. The van der Waals surface area contributed by atoms with Crippen molar-refractivity contribution in [1.82, 2.24) is 4.98 Å². The zero-order valence-corrected chi connectivity index (χ0v) is 16.8. The number of benzene rings is 2. The van der Waals surface area contributed by atoms with Crippen LogP contribution in [0, 0.1) is 0 Å². The summed E-state index contributed by atoms with van der Waals surface area (Å²) in [6.07, 6.45) is 0.118. The highest BCUT2D eigenvalue weighted by Gasteiger charge is 2.23. The SMILES string of the molecule is CC(C)c1ccc(-c2nc(CC(=O)C[C@@H](C(=O)O)c3ccccc3)cs2)cc1. The highest BCUT2D eigenvalue weighted by atomic mass is 32.1. The van der Waals surface area contributed by atoms with Gasteiger partial charge in [-0.25, -0.2) is 4.98 Å². The van der Waals surface area contributed by atoms with E-state index in [0.29, 0.717) is 17.2 Å². The topological polar surface area (TPSA) is 67.3 Å². The third kappa shape index (κ3) is 4.93. The molecule has 144 valence electrons. The molecule has 0 radical (unpaired) electrons. The Bertz CT molecular complexity index is 945. The number of carbonyl (C=O) groups is 2. The lowest BCUT2D eigenvalue weighted by molar-refractivity contribution is -0.140. The maximum absolute atomic E-state index is 12.5. The van der Waals surface area contributed by atoms with Crippen LogP contribution in [0.25, 0.3) is 10.6 Å². The standard InChI is InChI=1S/C23H23NO3S/c1-15(2)16-8-10-18(11-9-16)22-24-19(14-28-22)12-20(25)13-21(23(26)27)17-6-4-3-5-7-17/h3-11,14-15,21H,12-13H2,1-2H3,(H,26,27)/t21-/m1/s1. The van der Waals surface area contributed by atoms with Crippen molar-refractivity contribution in [1.29, 1.82) is 0 Å². The van der Waals surface area contributed by atoms with Crippen molar-refractivity contribution < 1.29 is 14.7 Å². The number of thiazole rings is 1. The van der Waals surface area contributed by atoms with Crippen LogP contribution in [-0.2, 0) is 16.0 Å². The van der Waals surface area contributed by atoms with Crippen LogP contribution in [0.2, 0.25) is 0 Å². The van der Waals surface area contributed by atoms with Crippen LogP contribution in [0.3, 0.4) is 0 Å². The molecule has 0 aliphatic heterocycles. The van der Waals surface area contributed by atoms with Gasteiger partial charge in [0.2, 0.25) is 0 Å². The molecule has 0 aliphatic carbocycles. The molecule has 4 nitrogen and oxygen atoms in total. The van der Waals surface area contributed by atoms with Gasteiger partial charge in [0.25, 0.3) is 0 Å². The van der Waals surface area contributed by atoms with Crippen molar-refractivity contribution in [2.45, 2.75) is 38.5 Å². The van der Waals surface area contributed by atoms with Crippen molar-refractivity contribution in [3.8, 4) is 10.6 Å². The Morgan fingerprint density at radius 1 is 1.00 bits per heavy atom. The van der Waals surface area contributed by atoms with Gasteiger partial charge >= 0.3 is 5.97 Å². The summed E-state index contributed by atoms with van der Waals surface area (Å²) in [5.74, 6) is -1.45. The van der Waals surface area contributed by atoms with Crippen molar-refractivity contribution in [3.05, 3.63) is 76.8 Å². The van der Waals surface area contributed by atoms with Gasteiger partial charge in [0, 0.05) is 23.8 Å². The van der Waals surface area contributed by atoms with Gasteiger partial charge in [-0.1, -0.05) is 68.4 Å². The first kappa shape index (κ1) is 20.0. The zero-order valence-electron chi connectivity index (χ0n) is 16.0.